The molecule has 1 fully saturated rings. The summed E-state index contributed by atoms with van der Waals surface area (Å²) in [5, 5.41) is 0. The van der Waals surface area contributed by atoms with Crippen LogP contribution in [0.4, 0.5) is 10.1 Å². The number of aryl methyl sites for hydroxylation is 2. The average molecular weight is 417 g/mol. The van der Waals surface area contributed by atoms with Gasteiger partial charge in [0.15, 0.2) is 0 Å². The molecule has 31 heavy (non-hydrogen) atoms. The number of carbonyl (C=O) groups excluding carboxylic acids is 1. The van der Waals surface area contributed by atoms with Crippen LogP contribution in [0.3, 0.4) is 0 Å². The lowest BCUT2D eigenvalue weighted by Gasteiger charge is -2.38. The highest BCUT2D eigenvalue weighted by molar-refractivity contribution is 6.06. The molecule has 3 aromatic carbocycles. The molecule has 1 aliphatic rings. The van der Waals surface area contributed by atoms with E-state index in [1.165, 1.54) is 23.3 Å². The number of piperidine rings is 1. The number of benzene rings is 3. The predicted molar refractivity (Wildman–Crippen MR) is 124 cm³/mol. The molecule has 3 aromatic rings. The van der Waals surface area contributed by atoms with E-state index in [1.807, 2.05) is 36.1 Å². The second kappa shape index (κ2) is 9.44. The van der Waals surface area contributed by atoms with Crippen molar-refractivity contribution in [3.63, 3.8) is 0 Å². The number of hydrogen-bond acceptors (Lipinski definition) is 2. The van der Waals surface area contributed by atoms with E-state index in [9.17, 15) is 9.18 Å². The fraction of sp³-hybridized carbons (Fsp3) is 0.296. The molecule has 0 spiro atoms. The molecule has 0 unspecified atom stereocenters. The molecule has 4 rings (SSSR count). The minimum absolute atomic E-state index is 0.0685. The number of likely N-dealkylation sites (tertiary alicyclic amines) is 1. The van der Waals surface area contributed by atoms with E-state index in [0.29, 0.717) is 5.56 Å². The van der Waals surface area contributed by atoms with E-state index < -0.39 is 0 Å². The summed E-state index contributed by atoms with van der Waals surface area (Å²) >= 11 is 0. The second-order valence-corrected chi connectivity index (χ2v) is 8.51. The first-order valence-electron chi connectivity index (χ1n) is 10.9. The molecule has 0 aromatic heterocycles. The van der Waals surface area contributed by atoms with Gasteiger partial charge >= 0.3 is 0 Å². The molecule has 1 saturated heterocycles. The van der Waals surface area contributed by atoms with E-state index in [2.05, 4.69) is 36.1 Å². The molecule has 1 heterocycles. The summed E-state index contributed by atoms with van der Waals surface area (Å²) in [6.45, 7) is 6.98. The van der Waals surface area contributed by atoms with Gasteiger partial charge < -0.3 is 4.90 Å². The Balaban J connectivity index is 1.51. The van der Waals surface area contributed by atoms with Crippen LogP contribution in [0, 0.1) is 19.7 Å². The van der Waals surface area contributed by atoms with Gasteiger partial charge in [0.25, 0.3) is 5.91 Å². The van der Waals surface area contributed by atoms with Crippen molar-refractivity contribution >= 4 is 11.6 Å². The average Bonchev–Trinajstić information content (AvgIpc) is 2.77. The van der Waals surface area contributed by atoms with Gasteiger partial charge in [-0.2, -0.15) is 0 Å². The third-order valence-electron chi connectivity index (χ3n) is 6.03. The van der Waals surface area contributed by atoms with Gasteiger partial charge in [-0.1, -0.05) is 47.5 Å². The lowest BCUT2D eigenvalue weighted by Crippen LogP contribution is -2.47. The Labute approximate surface area is 184 Å². The maximum Gasteiger partial charge on any atom is 0.258 e. The standard InChI is InChI=1S/C27H29FN2O/c1-20-6-12-25(13-7-20)30(27(31)23-8-10-24(28)11-9-23)26-14-16-29(17-15-26)19-22-5-3-4-21(2)18-22/h3-13,18,26H,14-17,19H2,1-2H3. The first-order valence-corrected chi connectivity index (χ1v) is 10.9. The highest BCUT2D eigenvalue weighted by atomic mass is 19.1. The van der Waals surface area contributed by atoms with Crippen molar-refractivity contribution in [2.75, 3.05) is 18.0 Å². The third-order valence-corrected chi connectivity index (χ3v) is 6.03. The van der Waals surface area contributed by atoms with Crippen molar-refractivity contribution in [1.82, 2.24) is 4.90 Å². The first-order chi connectivity index (χ1) is 15.0. The molecule has 0 saturated carbocycles. The third kappa shape index (κ3) is 5.20. The number of carbonyl (C=O) groups is 1. The molecule has 4 heteroatoms. The number of hydrogen-bond donors (Lipinski definition) is 0. The van der Waals surface area contributed by atoms with Crippen molar-refractivity contribution in [2.24, 2.45) is 0 Å². The Morgan fingerprint density at radius 3 is 2.26 bits per heavy atom. The Bertz CT molecular complexity index is 1020. The molecule has 0 bridgehead atoms. The van der Waals surface area contributed by atoms with Crippen molar-refractivity contribution in [3.05, 3.63) is 101 Å². The minimum Gasteiger partial charge on any atom is -0.305 e. The van der Waals surface area contributed by atoms with E-state index in [-0.39, 0.29) is 17.8 Å². The second-order valence-electron chi connectivity index (χ2n) is 8.51. The highest BCUT2D eigenvalue weighted by Gasteiger charge is 2.30. The summed E-state index contributed by atoms with van der Waals surface area (Å²) in [5.41, 5.74) is 5.19. The summed E-state index contributed by atoms with van der Waals surface area (Å²) in [6, 6.07) is 22.7. The van der Waals surface area contributed by atoms with Crippen LogP contribution < -0.4 is 4.90 Å². The SMILES string of the molecule is Cc1ccc(N(C(=O)c2ccc(F)cc2)C2CCN(Cc3cccc(C)c3)CC2)cc1. The molecule has 0 aliphatic carbocycles. The fourth-order valence-corrected chi connectivity index (χ4v) is 4.34. The molecule has 1 aliphatic heterocycles. The largest absolute Gasteiger partial charge is 0.305 e. The van der Waals surface area contributed by atoms with E-state index in [4.69, 9.17) is 0 Å². The maximum atomic E-state index is 13.4. The Morgan fingerprint density at radius 2 is 1.61 bits per heavy atom. The topological polar surface area (TPSA) is 23.6 Å². The Kier molecular flexibility index (Phi) is 6.47. The summed E-state index contributed by atoms with van der Waals surface area (Å²) in [6.07, 6.45) is 1.82. The zero-order valence-corrected chi connectivity index (χ0v) is 18.2. The van der Waals surface area contributed by atoms with Gasteiger partial charge in [-0.25, -0.2) is 4.39 Å². The van der Waals surface area contributed by atoms with Crippen LogP contribution in [0.5, 0.6) is 0 Å². The number of amides is 1. The molecule has 3 nitrogen and oxygen atoms in total. The summed E-state index contributed by atoms with van der Waals surface area (Å²) in [4.78, 5) is 17.8. The van der Waals surface area contributed by atoms with Crippen LogP contribution in [0.25, 0.3) is 0 Å². The van der Waals surface area contributed by atoms with Crippen LogP contribution in [0.15, 0.2) is 72.8 Å². The molecule has 0 atom stereocenters. The van der Waals surface area contributed by atoms with Gasteiger partial charge in [-0.3, -0.25) is 9.69 Å². The molecular formula is C27H29FN2O. The number of anilines is 1. The predicted octanol–water partition coefficient (Wildman–Crippen LogP) is 5.75. The Morgan fingerprint density at radius 1 is 0.935 bits per heavy atom. The number of halogens is 1. The minimum atomic E-state index is -0.331. The van der Waals surface area contributed by atoms with E-state index in [1.54, 1.807) is 12.1 Å². The lowest BCUT2D eigenvalue weighted by atomic mass is 9.99. The zero-order chi connectivity index (χ0) is 21.8. The quantitative estimate of drug-likeness (QED) is 0.528. The lowest BCUT2D eigenvalue weighted by molar-refractivity contribution is 0.0958. The highest BCUT2D eigenvalue weighted by Crippen LogP contribution is 2.27. The van der Waals surface area contributed by atoms with Gasteiger partial charge in [-0.15, -0.1) is 0 Å². The van der Waals surface area contributed by atoms with Crippen molar-refractivity contribution in [2.45, 2.75) is 39.3 Å². The summed E-state index contributed by atoms with van der Waals surface area (Å²) in [7, 11) is 0. The monoisotopic (exact) mass is 416 g/mol. The summed E-state index contributed by atoms with van der Waals surface area (Å²) in [5.74, 6) is -0.399. The smallest absolute Gasteiger partial charge is 0.258 e. The molecular weight excluding hydrogens is 387 g/mol. The molecule has 0 radical (unpaired) electrons. The van der Waals surface area contributed by atoms with Gasteiger partial charge in [0.2, 0.25) is 0 Å². The van der Waals surface area contributed by atoms with Crippen LogP contribution in [0.1, 0.15) is 39.9 Å². The van der Waals surface area contributed by atoms with E-state index >= 15 is 0 Å². The number of rotatable bonds is 5. The van der Waals surface area contributed by atoms with Gasteiger partial charge in [0, 0.05) is 36.9 Å². The maximum absolute atomic E-state index is 13.4. The van der Waals surface area contributed by atoms with Gasteiger partial charge in [0.05, 0.1) is 0 Å². The first kappa shape index (κ1) is 21.3. The fourth-order valence-electron chi connectivity index (χ4n) is 4.34. The van der Waals surface area contributed by atoms with Crippen LogP contribution in [0.2, 0.25) is 0 Å². The van der Waals surface area contributed by atoms with Crippen LogP contribution >= 0.6 is 0 Å². The van der Waals surface area contributed by atoms with Crippen LogP contribution in [-0.2, 0) is 6.54 Å². The molecule has 1 amide bonds. The zero-order valence-electron chi connectivity index (χ0n) is 18.2. The van der Waals surface area contributed by atoms with Gasteiger partial charge in [-0.05, 0) is 68.7 Å². The van der Waals surface area contributed by atoms with Crippen molar-refractivity contribution in [3.8, 4) is 0 Å². The molecule has 160 valence electrons. The Hall–Kier alpha value is -2.98. The number of nitrogens with zero attached hydrogens (tertiary/aromatic N) is 2. The van der Waals surface area contributed by atoms with Crippen molar-refractivity contribution in [1.29, 1.82) is 0 Å². The normalized spacial score (nSPS) is 15.1. The summed E-state index contributed by atoms with van der Waals surface area (Å²) < 4.78 is 13.4. The van der Waals surface area contributed by atoms with E-state index in [0.717, 1.165) is 43.7 Å². The molecule has 0 N–H and O–H groups in total. The van der Waals surface area contributed by atoms with Crippen molar-refractivity contribution < 1.29 is 9.18 Å². The van der Waals surface area contributed by atoms with Gasteiger partial charge in [0.1, 0.15) is 5.82 Å². The van der Waals surface area contributed by atoms with Crippen LogP contribution in [-0.4, -0.2) is 29.9 Å².